The summed E-state index contributed by atoms with van der Waals surface area (Å²) in [7, 11) is 4.70. The van der Waals surface area contributed by atoms with Gasteiger partial charge in [-0.25, -0.2) is 0 Å². The lowest BCUT2D eigenvalue weighted by Crippen LogP contribution is -2.64. The molecule has 184 valence electrons. The van der Waals surface area contributed by atoms with Crippen LogP contribution in [0.3, 0.4) is 0 Å². The molecule has 0 saturated carbocycles. The van der Waals surface area contributed by atoms with Crippen molar-refractivity contribution in [3.8, 4) is 22.8 Å². The summed E-state index contributed by atoms with van der Waals surface area (Å²) in [6.07, 6.45) is 0.657. The van der Waals surface area contributed by atoms with Gasteiger partial charge in [-0.15, -0.1) is 0 Å². The van der Waals surface area contributed by atoms with Gasteiger partial charge in [-0.3, -0.25) is 19.2 Å². The molecule has 1 N–H and O–H groups in total. The van der Waals surface area contributed by atoms with E-state index >= 15 is 0 Å². The summed E-state index contributed by atoms with van der Waals surface area (Å²) >= 11 is 0. The SMILES string of the molecule is COCCCNC(=O)[C@]1(C)Cn2nc(-c3ccccc3)cc2C(=O)N1c1cc(OC)cc(OC)c1. The molecule has 2 amide bonds. The van der Waals surface area contributed by atoms with Crippen LogP contribution in [0.15, 0.2) is 54.6 Å². The van der Waals surface area contributed by atoms with Crippen molar-refractivity contribution in [3.63, 3.8) is 0 Å². The minimum Gasteiger partial charge on any atom is -0.497 e. The molecule has 0 spiro atoms. The largest absolute Gasteiger partial charge is 0.497 e. The summed E-state index contributed by atoms with van der Waals surface area (Å²) in [5.74, 6) is 0.403. The first kappa shape index (κ1) is 24.3. The van der Waals surface area contributed by atoms with Gasteiger partial charge < -0.3 is 19.5 Å². The van der Waals surface area contributed by atoms with Gasteiger partial charge in [-0.05, 0) is 19.4 Å². The molecule has 0 radical (unpaired) electrons. The van der Waals surface area contributed by atoms with Gasteiger partial charge in [0, 0.05) is 44.0 Å². The highest BCUT2D eigenvalue weighted by atomic mass is 16.5. The van der Waals surface area contributed by atoms with Gasteiger partial charge in [0.25, 0.3) is 5.91 Å². The van der Waals surface area contributed by atoms with Gasteiger partial charge in [0.1, 0.15) is 22.7 Å². The molecule has 2 aromatic carbocycles. The van der Waals surface area contributed by atoms with Crippen LogP contribution in [0.4, 0.5) is 5.69 Å². The van der Waals surface area contributed by atoms with E-state index in [-0.39, 0.29) is 18.4 Å². The molecule has 9 heteroatoms. The van der Waals surface area contributed by atoms with E-state index in [9.17, 15) is 9.59 Å². The Morgan fingerprint density at radius 3 is 2.37 bits per heavy atom. The summed E-state index contributed by atoms with van der Waals surface area (Å²) in [6.45, 7) is 2.87. The Labute approximate surface area is 204 Å². The van der Waals surface area contributed by atoms with Gasteiger partial charge in [0.2, 0.25) is 5.91 Å². The van der Waals surface area contributed by atoms with Crippen molar-refractivity contribution in [1.82, 2.24) is 15.1 Å². The van der Waals surface area contributed by atoms with Crippen molar-refractivity contribution >= 4 is 17.5 Å². The Morgan fingerprint density at radius 1 is 1.06 bits per heavy atom. The van der Waals surface area contributed by atoms with E-state index in [1.807, 2.05) is 30.3 Å². The number of methoxy groups -OCH3 is 3. The Morgan fingerprint density at radius 2 is 1.74 bits per heavy atom. The van der Waals surface area contributed by atoms with Crippen LogP contribution >= 0.6 is 0 Å². The van der Waals surface area contributed by atoms with Crippen molar-refractivity contribution in [3.05, 3.63) is 60.3 Å². The first-order valence-corrected chi connectivity index (χ1v) is 11.4. The third-order valence-electron chi connectivity index (χ3n) is 6.12. The number of fused-ring (bicyclic) bond motifs is 1. The van der Waals surface area contributed by atoms with Gasteiger partial charge in [-0.2, -0.15) is 5.10 Å². The van der Waals surface area contributed by atoms with Crippen LogP contribution in [-0.4, -0.2) is 61.6 Å². The van der Waals surface area contributed by atoms with Gasteiger partial charge in [-0.1, -0.05) is 30.3 Å². The third-order valence-corrected chi connectivity index (χ3v) is 6.12. The fraction of sp³-hybridized carbons (Fsp3) is 0.346. The maximum Gasteiger partial charge on any atom is 0.277 e. The molecule has 1 aromatic heterocycles. The second kappa shape index (κ2) is 10.2. The molecule has 0 bridgehead atoms. The number of nitrogens with one attached hydrogen (secondary N) is 1. The first-order chi connectivity index (χ1) is 16.9. The molecule has 0 saturated heterocycles. The maximum atomic E-state index is 13.9. The van der Waals surface area contributed by atoms with Crippen molar-refractivity contribution in [2.45, 2.75) is 25.4 Å². The Balaban J connectivity index is 1.79. The van der Waals surface area contributed by atoms with Crippen LogP contribution in [0.25, 0.3) is 11.3 Å². The summed E-state index contributed by atoms with van der Waals surface area (Å²) in [5.41, 5.74) is 1.20. The summed E-state index contributed by atoms with van der Waals surface area (Å²) in [6, 6.07) is 16.6. The highest BCUT2D eigenvalue weighted by molar-refractivity contribution is 6.12. The molecule has 2 heterocycles. The summed E-state index contributed by atoms with van der Waals surface area (Å²) < 4.78 is 17.6. The lowest BCUT2D eigenvalue weighted by Gasteiger charge is -2.43. The minimum absolute atomic E-state index is 0.177. The maximum absolute atomic E-state index is 13.9. The van der Waals surface area contributed by atoms with Crippen LogP contribution in [-0.2, 0) is 16.1 Å². The number of ether oxygens (including phenoxy) is 3. The van der Waals surface area contributed by atoms with Crippen LogP contribution in [0, 0.1) is 0 Å². The molecule has 0 aliphatic carbocycles. The fourth-order valence-corrected chi connectivity index (χ4v) is 4.27. The minimum atomic E-state index is -1.26. The number of rotatable bonds is 9. The standard InChI is InChI=1S/C26H30N4O5/c1-26(25(32)27-11-8-12-33-2)17-29-23(16-22(28-29)18-9-6-5-7-10-18)24(31)30(26)19-13-20(34-3)15-21(14-19)35-4/h5-7,9-10,13-16H,8,11-12,17H2,1-4H3,(H,27,32)/t26-/m0/s1. The van der Waals surface area contributed by atoms with Crippen LogP contribution in [0.2, 0.25) is 0 Å². The molecular weight excluding hydrogens is 448 g/mol. The number of nitrogens with zero attached hydrogens (tertiary/aromatic N) is 3. The second-order valence-corrected chi connectivity index (χ2v) is 8.53. The van der Waals surface area contributed by atoms with E-state index in [1.54, 1.807) is 57.2 Å². The lowest BCUT2D eigenvalue weighted by molar-refractivity contribution is -0.126. The van der Waals surface area contributed by atoms with Crippen molar-refractivity contribution < 1.29 is 23.8 Å². The lowest BCUT2D eigenvalue weighted by atomic mass is 9.93. The van der Waals surface area contributed by atoms with Gasteiger partial charge in [0.15, 0.2) is 0 Å². The quantitative estimate of drug-likeness (QED) is 0.475. The van der Waals surface area contributed by atoms with E-state index in [1.165, 1.54) is 4.90 Å². The average molecular weight is 479 g/mol. The fourth-order valence-electron chi connectivity index (χ4n) is 4.27. The summed E-state index contributed by atoms with van der Waals surface area (Å²) in [5, 5.41) is 7.63. The predicted octanol–water partition coefficient (Wildman–Crippen LogP) is 3.14. The topological polar surface area (TPSA) is 94.9 Å². The molecule has 1 aliphatic heterocycles. The van der Waals surface area contributed by atoms with Gasteiger partial charge in [0.05, 0.1) is 32.1 Å². The highest BCUT2D eigenvalue weighted by Gasteiger charge is 2.49. The van der Waals surface area contributed by atoms with Crippen molar-refractivity contribution in [1.29, 1.82) is 0 Å². The molecule has 0 unspecified atom stereocenters. The molecule has 1 atom stereocenters. The number of carbonyl (C=O) groups excluding carboxylic acids is 2. The number of hydrogen-bond acceptors (Lipinski definition) is 6. The molecule has 0 fully saturated rings. The zero-order valence-electron chi connectivity index (χ0n) is 20.4. The normalized spacial score (nSPS) is 17.1. The highest BCUT2D eigenvalue weighted by Crippen LogP contribution is 2.37. The molecule has 9 nitrogen and oxygen atoms in total. The van der Waals surface area contributed by atoms with Crippen LogP contribution < -0.4 is 19.7 Å². The number of amides is 2. The molecule has 3 aromatic rings. The zero-order chi connectivity index (χ0) is 25.0. The monoisotopic (exact) mass is 478 g/mol. The van der Waals surface area contributed by atoms with Crippen LogP contribution in [0.1, 0.15) is 23.8 Å². The zero-order valence-corrected chi connectivity index (χ0v) is 20.4. The van der Waals surface area contributed by atoms with Gasteiger partial charge >= 0.3 is 0 Å². The number of benzene rings is 2. The van der Waals surface area contributed by atoms with E-state index in [0.29, 0.717) is 48.1 Å². The number of anilines is 1. The third kappa shape index (κ3) is 4.72. The molecular formula is C26H30N4O5. The number of carbonyl (C=O) groups is 2. The molecule has 35 heavy (non-hydrogen) atoms. The van der Waals surface area contributed by atoms with E-state index in [0.717, 1.165) is 5.56 Å². The number of aromatic nitrogens is 2. The molecule has 1 aliphatic rings. The Kier molecular flexibility index (Phi) is 7.07. The number of hydrogen-bond donors (Lipinski definition) is 1. The Hall–Kier alpha value is -3.85. The van der Waals surface area contributed by atoms with E-state index in [4.69, 9.17) is 14.2 Å². The predicted molar refractivity (Wildman–Crippen MR) is 132 cm³/mol. The summed E-state index contributed by atoms with van der Waals surface area (Å²) in [4.78, 5) is 29.0. The van der Waals surface area contributed by atoms with Crippen molar-refractivity contribution in [2.24, 2.45) is 0 Å². The smallest absolute Gasteiger partial charge is 0.277 e. The first-order valence-electron chi connectivity index (χ1n) is 11.4. The molecule has 4 rings (SSSR count). The van der Waals surface area contributed by atoms with Crippen LogP contribution in [0.5, 0.6) is 11.5 Å². The van der Waals surface area contributed by atoms with E-state index in [2.05, 4.69) is 10.4 Å². The average Bonchev–Trinajstić information content (AvgIpc) is 3.30. The second-order valence-electron chi connectivity index (χ2n) is 8.53. The Bertz CT molecular complexity index is 1190. The van der Waals surface area contributed by atoms with Crippen molar-refractivity contribution in [2.75, 3.05) is 39.4 Å². The van der Waals surface area contributed by atoms with E-state index < -0.39 is 5.54 Å².